The molecule has 2 saturated heterocycles. The van der Waals surface area contributed by atoms with Crippen molar-refractivity contribution in [1.29, 1.82) is 0 Å². The molecule has 1 saturated carbocycles. The number of amides is 2. The minimum Gasteiger partial charge on any atom is -0.337 e. The molecule has 1 aromatic rings. The fourth-order valence-electron chi connectivity index (χ4n) is 5.49. The summed E-state index contributed by atoms with van der Waals surface area (Å²) in [6.07, 6.45) is 5.45. The van der Waals surface area contributed by atoms with Crippen LogP contribution in [0.25, 0.3) is 0 Å². The Bertz CT molecular complexity index is 812. The summed E-state index contributed by atoms with van der Waals surface area (Å²) in [6, 6.07) is 4.57. The van der Waals surface area contributed by atoms with E-state index in [2.05, 4.69) is 53.3 Å². The van der Waals surface area contributed by atoms with E-state index in [-0.39, 0.29) is 23.8 Å². The van der Waals surface area contributed by atoms with Crippen LogP contribution in [0.5, 0.6) is 0 Å². The van der Waals surface area contributed by atoms with Gasteiger partial charge in [-0.25, -0.2) is 0 Å². The monoisotopic (exact) mass is 426 g/mol. The van der Waals surface area contributed by atoms with Gasteiger partial charge in [-0.05, 0) is 69.3 Å². The average Bonchev–Trinajstić information content (AvgIpc) is 3.45. The van der Waals surface area contributed by atoms with Gasteiger partial charge < -0.3 is 15.5 Å². The van der Waals surface area contributed by atoms with Gasteiger partial charge in [-0.3, -0.25) is 14.5 Å². The van der Waals surface area contributed by atoms with Gasteiger partial charge in [0.1, 0.15) is 0 Å². The van der Waals surface area contributed by atoms with Crippen LogP contribution in [0.2, 0.25) is 0 Å². The smallest absolute Gasteiger partial charge is 0.228 e. The van der Waals surface area contributed by atoms with Crippen LogP contribution in [-0.4, -0.2) is 60.4 Å². The van der Waals surface area contributed by atoms with Crippen molar-refractivity contribution in [2.24, 2.45) is 11.8 Å². The van der Waals surface area contributed by atoms with Crippen LogP contribution in [-0.2, 0) is 16.1 Å². The Morgan fingerprint density at radius 3 is 2.55 bits per heavy atom. The molecule has 2 heterocycles. The topological polar surface area (TPSA) is 64.7 Å². The summed E-state index contributed by atoms with van der Waals surface area (Å²) < 4.78 is 0. The van der Waals surface area contributed by atoms with Gasteiger partial charge in [-0.2, -0.15) is 0 Å². The molecule has 0 unspecified atom stereocenters. The highest BCUT2D eigenvalue weighted by molar-refractivity contribution is 5.93. The van der Waals surface area contributed by atoms with Crippen LogP contribution in [0, 0.1) is 25.7 Å². The van der Waals surface area contributed by atoms with E-state index in [1.165, 1.54) is 24.0 Å². The number of hydrogen-bond acceptors (Lipinski definition) is 4. The predicted molar refractivity (Wildman–Crippen MR) is 124 cm³/mol. The lowest BCUT2D eigenvalue weighted by molar-refractivity contribution is -0.140. The van der Waals surface area contributed by atoms with Crippen molar-refractivity contribution in [3.63, 3.8) is 0 Å². The lowest BCUT2D eigenvalue weighted by atomic mass is 10.0. The van der Waals surface area contributed by atoms with E-state index in [0.29, 0.717) is 5.91 Å². The summed E-state index contributed by atoms with van der Waals surface area (Å²) in [6.45, 7) is 11.6. The standard InChI is InChI=1S/C25H38N4O2/c1-17-12-22(19(3)23(13-17)27-24(30)21-8-9-26-14-21)16-28-10-11-29(18(2)15-28)25(31)20-6-4-5-7-20/h12-13,18,20-21,26H,4-11,14-16H2,1-3H3,(H,27,30)/t18-,21-/m0/s1. The number of nitrogens with zero attached hydrogens (tertiary/aromatic N) is 2. The minimum absolute atomic E-state index is 0.0645. The molecule has 6 nitrogen and oxygen atoms in total. The van der Waals surface area contributed by atoms with Crippen LogP contribution in [0.1, 0.15) is 55.7 Å². The van der Waals surface area contributed by atoms with Gasteiger partial charge in [0.05, 0.1) is 5.92 Å². The molecule has 170 valence electrons. The van der Waals surface area contributed by atoms with Crippen LogP contribution in [0.15, 0.2) is 12.1 Å². The van der Waals surface area contributed by atoms with Gasteiger partial charge in [0.2, 0.25) is 11.8 Å². The van der Waals surface area contributed by atoms with E-state index < -0.39 is 0 Å². The first-order chi connectivity index (χ1) is 14.9. The molecule has 2 aliphatic heterocycles. The Labute approximate surface area is 186 Å². The van der Waals surface area contributed by atoms with Crippen molar-refractivity contribution in [2.45, 2.75) is 65.5 Å². The summed E-state index contributed by atoms with van der Waals surface area (Å²) in [4.78, 5) is 30.1. The first-order valence-electron chi connectivity index (χ1n) is 12.1. The second-order valence-corrected chi connectivity index (χ2v) is 9.87. The molecule has 0 bridgehead atoms. The summed E-state index contributed by atoms with van der Waals surface area (Å²) in [5.41, 5.74) is 4.53. The zero-order valence-electron chi connectivity index (χ0n) is 19.4. The molecule has 0 radical (unpaired) electrons. The number of nitrogens with one attached hydrogen (secondary N) is 2. The number of piperazine rings is 1. The molecule has 1 aromatic carbocycles. The normalized spacial score (nSPS) is 25.2. The van der Waals surface area contributed by atoms with Crippen molar-refractivity contribution < 1.29 is 9.59 Å². The molecule has 2 atom stereocenters. The van der Waals surface area contributed by atoms with Crippen molar-refractivity contribution in [2.75, 3.05) is 38.0 Å². The van der Waals surface area contributed by atoms with Crippen molar-refractivity contribution in [3.05, 3.63) is 28.8 Å². The number of rotatable bonds is 5. The summed E-state index contributed by atoms with van der Waals surface area (Å²) in [5.74, 6) is 0.823. The molecule has 31 heavy (non-hydrogen) atoms. The van der Waals surface area contributed by atoms with E-state index in [1.54, 1.807) is 0 Å². The fourth-order valence-corrected chi connectivity index (χ4v) is 5.49. The Morgan fingerprint density at radius 2 is 1.87 bits per heavy atom. The Morgan fingerprint density at radius 1 is 1.10 bits per heavy atom. The maximum atomic E-state index is 12.9. The van der Waals surface area contributed by atoms with Gasteiger partial charge in [-0.1, -0.05) is 18.9 Å². The summed E-state index contributed by atoms with van der Waals surface area (Å²) in [7, 11) is 0. The number of aryl methyl sites for hydroxylation is 1. The van der Waals surface area contributed by atoms with E-state index in [9.17, 15) is 9.59 Å². The van der Waals surface area contributed by atoms with E-state index in [4.69, 9.17) is 0 Å². The minimum atomic E-state index is 0.0645. The molecule has 6 heteroatoms. The molecule has 4 rings (SSSR count). The van der Waals surface area contributed by atoms with E-state index in [0.717, 1.165) is 69.8 Å². The molecule has 0 aromatic heterocycles. The predicted octanol–water partition coefficient (Wildman–Crippen LogP) is 3.07. The van der Waals surface area contributed by atoms with Crippen LogP contribution < -0.4 is 10.6 Å². The van der Waals surface area contributed by atoms with E-state index >= 15 is 0 Å². The Kier molecular flexibility index (Phi) is 6.97. The quantitative estimate of drug-likeness (QED) is 0.760. The third-order valence-electron chi connectivity index (χ3n) is 7.44. The van der Waals surface area contributed by atoms with Crippen molar-refractivity contribution in [1.82, 2.24) is 15.1 Å². The molecule has 2 amide bonds. The van der Waals surface area contributed by atoms with Gasteiger partial charge in [0.25, 0.3) is 0 Å². The number of anilines is 1. The van der Waals surface area contributed by atoms with Gasteiger partial charge in [-0.15, -0.1) is 0 Å². The highest BCUT2D eigenvalue weighted by atomic mass is 16.2. The van der Waals surface area contributed by atoms with Crippen molar-refractivity contribution in [3.8, 4) is 0 Å². The first kappa shape index (κ1) is 22.3. The maximum Gasteiger partial charge on any atom is 0.228 e. The molecular weight excluding hydrogens is 388 g/mol. The zero-order chi connectivity index (χ0) is 22.0. The fraction of sp³-hybridized carbons (Fsp3) is 0.680. The number of carbonyl (C=O) groups excluding carboxylic acids is 2. The number of hydrogen-bond donors (Lipinski definition) is 2. The lowest BCUT2D eigenvalue weighted by Gasteiger charge is -2.41. The second kappa shape index (κ2) is 9.70. The highest BCUT2D eigenvalue weighted by Gasteiger charge is 2.33. The number of benzene rings is 1. The largest absolute Gasteiger partial charge is 0.337 e. The average molecular weight is 427 g/mol. The summed E-state index contributed by atoms with van der Waals surface area (Å²) >= 11 is 0. The summed E-state index contributed by atoms with van der Waals surface area (Å²) in [5, 5.41) is 6.45. The first-order valence-corrected chi connectivity index (χ1v) is 12.1. The third-order valence-corrected chi connectivity index (χ3v) is 7.44. The zero-order valence-corrected chi connectivity index (χ0v) is 19.4. The van der Waals surface area contributed by atoms with Crippen LogP contribution in [0.4, 0.5) is 5.69 Å². The van der Waals surface area contributed by atoms with Gasteiger partial charge >= 0.3 is 0 Å². The van der Waals surface area contributed by atoms with E-state index in [1.807, 2.05) is 0 Å². The molecule has 0 spiro atoms. The molecule has 2 N–H and O–H groups in total. The Hall–Kier alpha value is -1.92. The van der Waals surface area contributed by atoms with Crippen LogP contribution >= 0.6 is 0 Å². The Balaban J connectivity index is 1.39. The third kappa shape index (κ3) is 5.12. The highest BCUT2D eigenvalue weighted by Crippen LogP contribution is 2.29. The molecule has 3 fully saturated rings. The van der Waals surface area contributed by atoms with Crippen molar-refractivity contribution >= 4 is 17.5 Å². The van der Waals surface area contributed by atoms with Gasteiger partial charge in [0, 0.05) is 50.4 Å². The SMILES string of the molecule is Cc1cc(CN2CCN(C(=O)C3CCCC3)[C@@H](C)C2)c(C)c(NC(=O)[C@H]2CCNC2)c1. The lowest BCUT2D eigenvalue weighted by Crippen LogP contribution is -2.54. The number of carbonyl (C=O) groups is 2. The van der Waals surface area contributed by atoms with Crippen LogP contribution in [0.3, 0.4) is 0 Å². The molecule has 1 aliphatic carbocycles. The molecule has 3 aliphatic rings. The molecular formula is C25H38N4O2. The van der Waals surface area contributed by atoms with Gasteiger partial charge in [0.15, 0.2) is 0 Å². The second-order valence-electron chi connectivity index (χ2n) is 9.87. The maximum absolute atomic E-state index is 12.9.